The number of nitriles is 1. The van der Waals surface area contributed by atoms with E-state index in [0.717, 1.165) is 0 Å². The second-order valence-corrected chi connectivity index (χ2v) is 9.40. The number of carbonyl (C=O) groups excluding carboxylic acids is 1. The first-order valence-corrected chi connectivity index (χ1v) is 12.1. The molecule has 0 aliphatic carbocycles. The van der Waals surface area contributed by atoms with E-state index in [0.29, 0.717) is 48.1 Å². The molecule has 0 saturated heterocycles. The van der Waals surface area contributed by atoms with Crippen molar-refractivity contribution in [2.45, 2.75) is 12.8 Å². The molecule has 2 aromatic rings. The molecule has 0 fully saturated rings. The van der Waals surface area contributed by atoms with Gasteiger partial charge in [0, 0.05) is 42.4 Å². The average molecular weight is 551 g/mol. The molecule has 0 aromatic heterocycles. The molecule has 1 unspecified atom stereocenters. The number of hydrogen-bond acceptors (Lipinski definition) is 5. The number of nitrogens with zero attached hydrogens (tertiary/aromatic N) is 2. The van der Waals surface area contributed by atoms with Gasteiger partial charge < -0.3 is 15.2 Å². The molecule has 2 N–H and O–H groups in total. The van der Waals surface area contributed by atoms with Crippen LogP contribution in [0.1, 0.15) is 24.0 Å². The van der Waals surface area contributed by atoms with Gasteiger partial charge in [-0.05, 0) is 37.3 Å². The van der Waals surface area contributed by atoms with Crippen molar-refractivity contribution in [3.63, 3.8) is 0 Å². The highest BCUT2D eigenvalue weighted by molar-refractivity contribution is 6.37. The minimum Gasteiger partial charge on any atom is -0.450 e. The summed E-state index contributed by atoms with van der Waals surface area (Å²) < 4.78 is 11.2. The minimum atomic E-state index is -0.743. The maximum absolute atomic E-state index is 12.8. The van der Waals surface area contributed by atoms with Gasteiger partial charge in [-0.3, -0.25) is 4.90 Å². The third-order valence-corrected chi connectivity index (χ3v) is 6.99. The second-order valence-electron chi connectivity index (χ2n) is 7.77. The minimum absolute atomic E-state index is 0.0759. The van der Waals surface area contributed by atoms with Crippen LogP contribution in [-0.2, 0) is 9.47 Å². The van der Waals surface area contributed by atoms with Gasteiger partial charge in [0.1, 0.15) is 17.4 Å². The maximum Gasteiger partial charge on any atom is 0.410 e. The molecule has 1 amide bonds. The molecule has 1 atom stereocenters. The first kappa shape index (κ1) is 25.3. The fourth-order valence-corrected chi connectivity index (χ4v) is 5.28. The normalized spacial score (nSPS) is 18.8. The molecular weight excluding hydrogens is 532 g/mol. The van der Waals surface area contributed by atoms with Gasteiger partial charge in [-0.25, -0.2) is 4.79 Å². The summed E-state index contributed by atoms with van der Waals surface area (Å²) in [7, 11) is 0. The van der Waals surface area contributed by atoms with Crippen LogP contribution < -0.4 is 5.73 Å². The van der Waals surface area contributed by atoms with Crippen LogP contribution in [0.3, 0.4) is 0 Å². The van der Waals surface area contributed by atoms with Crippen molar-refractivity contribution < 1.29 is 14.3 Å². The molecule has 2 aliphatic heterocycles. The lowest BCUT2D eigenvalue weighted by molar-refractivity contribution is 0.109. The summed E-state index contributed by atoms with van der Waals surface area (Å²) >= 11 is 25.9. The summed E-state index contributed by atoms with van der Waals surface area (Å²) in [5, 5.41) is 11.5. The fourth-order valence-electron chi connectivity index (χ4n) is 4.15. The molecule has 2 aromatic carbocycles. The number of allylic oxidation sites excluding steroid dienone is 1. The van der Waals surface area contributed by atoms with Gasteiger partial charge in [0.25, 0.3) is 0 Å². The van der Waals surface area contributed by atoms with Crippen LogP contribution in [0.25, 0.3) is 6.08 Å². The number of nitrogens with two attached hydrogens (primary N) is 1. The summed E-state index contributed by atoms with van der Waals surface area (Å²) in [4.78, 5) is 14.3. The molecule has 6 nitrogen and oxygen atoms in total. The average Bonchev–Trinajstić information content (AvgIpc) is 2.81. The smallest absolute Gasteiger partial charge is 0.410 e. The Bertz CT molecular complexity index is 1300. The van der Waals surface area contributed by atoms with Crippen LogP contribution in [-0.4, -0.2) is 30.7 Å². The zero-order chi connectivity index (χ0) is 25.3. The maximum atomic E-state index is 12.8. The van der Waals surface area contributed by atoms with Gasteiger partial charge in [0.05, 0.1) is 25.6 Å². The van der Waals surface area contributed by atoms with Crippen LogP contribution >= 0.6 is 46.4 Å². The zero-order valence-corrected chi connectivity index (χ0v) is 21.5. The topological polar surface area (TPSA) is 88.6 Å². The van der Waals surface area contributed by atoms with E-state index in [1.54, 1.807) is 49.4 Å². The Labute approximate surface area is 222 Å². The van der Waals surface area contributed by atoms with Gasteiger partial charge in [-0.1, -0.05) is 58.5 Å². The molecule has 0 radical (unpaired) electrons. The number of hydrogen-bond donors (Lipinski definition) is 1. The van der Waals surface area contributed by atoms with Gasteiger partial charge in [0.2, 0.25) is 5.88 Å². The summed E-state index contributed by atoms with van der Waals surface area (Å²) in [5.74, 6) is -0.417. The van der Waals surface area contributed by atoms with E-state index in [-0.39, 0.29) is 31.2 Å². The lowest BCUT2D eigenvalue weighted by Gasteiger charge is -2.38. The van der Waals surface area contributed by atoms with Gasteiger partial charge in [-0.15, -0.1) is 0 Å². The number of carbonyl (C=O) groups is 1. The first-order valence-electron chi connectivity index (χ1n) is 10.6. The van der Waals surface area contributed by atoms with Crippen molar-refractivity contribution in [1.29, 1.82) is 5.26 Å². The van der Waals surface area contributed by atoms with Crippen molar-refractivity contribution in [2.24, 2.45) is 5.73 Å². The van der Waals surface area contributed by atoms with E-state index in [1.807, 2.05) is 0 Å². The molecule has 0 saturated carbocycles. The van der Waals surface area contributed by atoms with E-state index in [2.05, 4.69) is 6.07 Å². The van der Waals surface area contributed by atoms with Gasteiger partial charge >= 0.3 is 6.09 Å². The van der Waals surface area contributed by atoms with Crippen molar-refractivity contribution in [3.05, 3.63) is 96.0 Å². The third kappa shape index (κ3) is 4.82. The number of rotatable bonds is 3. The summed E-state index contributed by atoms with van der Waals surface area (Å²) in [6.45, 7) is 2.16. The van der Waals surface area contributed by atoms with Gasteiger partial charge in [-0.2, -0.15) is 5.26 Å². The second kappa shape index (κ2) is 10.4. The molecule has 2 aliphatic rings. The fraction of sp³-hybridized carbons (Fsp3) is 0.200. The number of benzene rings is 2. The largest absolute Gasteiger partial charge is 0.450 e. The van der Waals surface area contributed by atoms with E-state index >= 15 is 0 Å². The quantitative estimate of drug-likeness (QED) is 0.448. The Balaban J connectivity index is 1.97. The molecule has 2 heterocycles. The van der Waals surface area contributed by atoms with Crippen LogP contribution in [0.4, 0.5) is 4.79 Å². The summed E-state index contributed by atoms with van der Waals surface area (Å²) in [5.41, 5.74) is 8.55. The summed E-state index contributed by atoms with van der Waals surface area (Å²) in [6, 6.07) is 12.3. The Hall–Kier alpha value is -2.82. The third-order valence-electron chi connectivity index (χ3n) is 5.67. The monoisotopic (exact) mass is 549 g/mol. The van der Waals surface area contributed by atoms with Crippen LogP contribution in [0.5, 0.6) is 0 Å². The van der Waals surface area contributed by atoms with E-state index in [9.17, 15) is 10.1 Å². The first-order chi connectivity index (χ1) is 16.8. The highest BCUT2D eigenvalue weighted by atomic mass is 35.5. The number of amides is 1. The van der Waals surface area contributed by atoms with Crippen LogP contribution in [0.2, 0.25) is 20.1 Å². The predicted molar refractivity (Wildman–Crippen MR) is 137 cm³/mol. The molecule has 10 heteroatoms. The van der Waals surface area contributed by atoms with Crippen molar-refractivity contribution in [2.75, 3.05) is 19.7 Å². The lowest BCUT2D eigenvalue weighted by Crippen LogP contribution is -2.42. The highest BCUT2D eigenvalue weighted by Crippen LogP contribution is 2.48. The Morgan fingerprint density at radius 2 is 1.74 bits per heavy atom. The predicted octanol–water partition coefficient (Wildman–Crippen LogP) is 6.92. The van der Waals surface area contributed by atoms with Crippen molar-refractivity contribution in [3.8, 4) is 6.07 Å². The Morgan fingerprint density at radius 3 is 2.31 bits per heavy atom. The number of halogens is 4. The molecule has 4 rings (SSSR count). The van der Waals surface area contributed by atoms with E-state index < -0.39 is 12.0 Å². The molecule has 0 bridgehead atoms. The van der Waals surface area contributed by atoms with Crippen molar-refractivity contribution in [1.82, 2.24) is 4.90 Å². The Morgan fingerprint density at radius 1 is 1.14 bits per heavy atom. The SMILES string of the molecule is CCOC(=O)N1CC2=C(OC(N)=C(C#N)C2c2c(Cl)cccc2Cl)/C(=C/c2c(Cl)cccc2Cl)C1. The van der Waals surface area contributed by atoms with Crippen LogP contribution in [0.15, 0.2) is 64.8 Å². The van der Waals surface area contributed by atoms with Crippen molar-refractivity contribution >= 4 is 58.6 Å². The molecular formula is C25H19Cl4N3O3. The highest BCUT2D eigenvalue weighted by Gasteiger charge is 2.40. The Kier molecular flexibility index (Phi) is 7.53. The van der Waals surface area contributed by atoms with E-state index in [4.69, 9.17) is 61.6 Å². The van der Waals surface area contributed by atoms with Crippen LogP contribution in [0, 0.1) is 11.3 Å². The molecule has 35 heavy (non-hydrogen) atoms. The lowest BCUT2D eigenvalue weighted by atomic mass is 9.80. The standard InChI is InChI=1S/C25H19Cl4N3O3/c1-2-34-25(33)32-11-13(9-14-17(26)5-3-6-18(14)27)23-16(12-32)21(15(10-30)24(31)35-23)22-19(28)7-4-8-20(22)29/h3-9,21H,2,11-12,31H2,1H3/b13-9+. The van der Waals surface area contributed by atoms with E-state index in [1.165, 1.54) is 4.90 Å². The van der Waals surface area contributed by atoms with Gasteiger partial charge in [0.15, 0.2) is 0 Å². The molecule has 0 spiro atoms. The number of ether oxygens (including phenoxy) is 2. The molecule has 180 valence electrons. The zero-order valence-electron chi connectivity index (χ0n) is 18.4. The summed E-state index contributed by atoms with van der Waals surface area (Å²) in [6.07, 6.45) is 1.21.